The predicted octanol–water partition coefficient (Wildman–Crippen LogP) is 1.51. The minimum Gasteiger partial charge on any atom is -0.507 e. The van der Waals surface area contributed by atoms with Crippen LogP contribution in [0.15, 0.2) is 35.1 Å². The fraction of sp³-hybridized carbons (Fsp3) is 0.591. The molecule has 4 heterocycles. The first kappa shape index (κ1) is 21.0. The number of Topliss-reactive ketones (excluding diaryl/α,β-unsaturated/α-hetero) is 2. The van der Waals surface area contributed by atoms with Crippen molar-refractivity contribution in [2.24, 2.45) is 11.8 Å². The van der Waals surface area contributed by atoms with Gasteiger partial charge in [-0.2, -0.15) is 0 Å². The number of allylic oxidation sites excluding steroid dienone is 3. The first-order valence-corrected chi connectivity index (χ1v) is 10.2. The zero-order valence-electron chi connectivity index (χ0n) is 17.7. The highest BCUT2D eigenvalue weighted by Gasteiger charge is 2.76. The van der Waals surface area contributed by atoms with Crippen molar-refractivity contribution in [2.45, 2.75) is 64.3 Å². The number of nitrogens with one attached hydrogen (secondary N) is 1. The summed E-state index contributed by atoms with van der Waals surface area (Å²) in [7, 11) is 0. The van der Waals surface area contributed by atoms with Crippen LogP contribution < -0.4 is 5.32 Å². The Morgan fingerprint density at radius 3 is 2.53 bits per heavy atom. The molecule has 4 aliphatic rings. The van der Waals surface area contributed by atoms with E-state index in [1.54, 1.807) is 6.08 Å². The maximum Gasteiger partial charge on any atom is 0.259 e. The lowest BCUT2D eigenvalue weighted by molar-refractivity contribution is -0.350. The van der Waals surface area contributed by atoms with Crippen LogP contribution in [0.3, 0.4) is 0 Å². The number of hydrogen-bond donors (Lipinski definition) is 2. The minimum atomic E-state index is -0.988. The summed E-state index contributed by atoms with van der Waals surface area (Å²) in [6, 6.07) is 0. The first-order chi connectivity index (χ1) is 14.0. The Kier molecular flexibility index (Phi) is 4.80. The van der Waals surface area contributed by atoms with Gasteiger partial charge in [0.1, 0.15) is 17.4 Å². The Bertz CT molecular complexity index is 900. The number of aliphatic hydroxyl groups excluding tert-OH is 1. The molecule has 0 aromatic heterocycles. The number of epoxide rings is 1. The van der Waals surface area contributed by atoms with Crippen LogP contribution in [-0.2, 0) is 28.6 Å². The van der Waals surface area contributed by atoms with E-state index in [1.807, 2.05) is 40.7 Å². The second kappa shape index (κ2) is 6.87. The molecule has 0 radical (unpaired) electrons. The number of carbonyl (C=O) groups is 3. The van der Waals surface area contributed by atoms with E-state index in [0.717, 1.165) is 5.57 Å². The van der Waals surface area contributed by atoms with Crippen molar-refractivity contribution in [3.63, 3.8) is 0 Å². The summed E-state index contributed by atoms with van der Waals surface area (Å²) in [6.45, 7) is 9.34. The van der Waals surface area contributed by atoms with Crippen molar-refractivity contribution in [3.8, 4) is 0 Å². The van der Waals surface area contributed by atoms with Gasteiger partial charge in [0.25, 0.3) is 5.91 Å². The molecule has 7 atom stereocenters. The van der Waals surface area contributed by atoms with Crippen molar-refractivity contribution < 1.29 is 33.7 Å². The van der Waals surface area contributed by atoms with E-state index in [0.29, 0.717) is 0 Å². The lowest BCUT2D eigenvalue weighted by Gasteiger charge is -2.51. The molecule has 30 heavy (non-hydrogen) atoms. The summed E-state index contributed by atoms with van der Waals surface area (Å²) in [6.07, 6.45) is 3.64. The van der Waals surface area contributed by atoms with Crippen molar-refractivity contribution in [2.75, 3.05) is 6.54 Å². The van der Waals surface area contributed by atoms with Gasteiger partial charge in [0.05, 0.1) is 12.6 Å². The zero-order chi connectivity index (χ0) is 22.0. The van der Waals surface area contributed by atoms with E-state index in [-0.39, 0.29) is 41.6 Å². The summed E-state index contributed by atoms with van der Waals surface area (Å²) in [5, 5.41) is 12.5. The van der Waals surface area contributed by atoms with Crippen LogP contribution in [-0.4, -0.2) is 58.8 Å². The number of carbonyl (C=O) groups excluding carboxylic acids is 3. The fourth-order valence-corrected chi connectivity index (χ4v) is 4.67. The SMILES string of the molecule is CC(/C=C/C(O)=C1/C(=O)CNC1=O)=C\[C@@H](C)[C@H]1O[C@]2(C)O[C@@H](C(=O)[C@@H]3O[C@@]32C)[C@@H]1C. The molecule has 4 saturated heterocycles. The number of rotatable bonds is 4. The molecule has 0 aromatic carbocycles. The topological polar surface area (TPSA) is 114 Å². The van der Waals surface area contributed by atoms with E-state index >= 15 is 0 Å². The van der Waals surface area contributed by atoms with Crippen molar-refractivity contribution >= 4 is 17.5 Å². The highest BCUT2D eigenvalue weighted by molar-refractivity contribution is 6.25. The van der Waals surface area contributed by atoms with Crippen LogP contribution in [0.1, 0.15) is 34.6 Å². The first-order valence-electron chi connectivity index (χ1n) is 10.2. The largest absolute Gasteiger partial charge is 0.507 e. The Labute approximate surface area is 174 Å². The molecular formula is C22H27NO7. The van der Waals surface area contributed by atoms with Crippen molar-refractivity contribution in [1.82, 2.24) is 5.32 Å². The van der Waals surface area contributed by atoms with Crippen LogP contribution in [0.5, 0.6) is 0 Å². The summed E-state index contributed by atoms with van der Waals surface area (Å²) < 4.78 is 18.0. The van der Waals surface area contributed by atoms with Gasteiger partial charge in [-0.05, 0) is 26.8 Å². The molecule has 0 spiro atoms. The summed E-state index contributed by atoms with van der Waals surface area (Å²) in [4.78, 5) is 36.0. The maximum absolute atomic E-state index is 12.7. The third-order valence-electron chi connectivity index (χ3n) is 6.67. The van der Waals surface area contributed by atoms with Crippen LogP contribution >= 0.6 is 0 Å². The third kappa shape index (κ3) is 3.05. The summed E-state index contributed by atoms with van der Waals surface area (Å²) in [5.74, 6) is -2.59. The van der Waals surface area contributed by atoms with Crippen LogP contribution in [0.4, 0.5) is 0 Å². The molecule has 4 rings (SSSR count). The Hall–Kier alpha value is -2.29. The molecule has 0 saturated carbocycles. The van der Waals surface area contributed by atoms with Gasteiger partial charge in [-0.1, -0.05) is 31.6 Å². The molecule has 8 heteroatoms. The Morgan fingerprint density at radius 1 is 1.20 bits per heavy atom. The van der Waals surface area contributed by atoms with Gasteiger partial charge in [0.2, 0.25) is 0 Å². The molecule has 0 unspecified atom stereocenters. The van der Waals surface area contributed by atoms with E-state index in [9.17, 15) is 19.5 Å². The van der Waals surface area contributed by atoms with E-state index in [1.165, 1.54) is 6.08 Å². The van der Waals surface area contributed by atoms with Gasteiger partial charge < -0.3 is 24.6 Å². The molecule has 4 fully saturated rings. The zero-order valence-corrected chi connectivity index (χ0v) is 17.7. The number of fused-ring (bicyclic) bond motifs is 4. The molecule has 2 N–H and O–H groups in total. The molecule has 1 amide bonds. The molecule has 0 aromatic rings. The average molecular weight is 417 g/mol. The number of ketones is 2. The molecule has 2 bridgehead atoms. The van der Waals surface area contributed by atoms with E-state index < -0.39 is 35.3 Å². The van der Waals surface area contributed by atoms with Crippen molar-refractivity contribution in [1.29, 1.82) is 0 Å². The minimum absolute atomic E-state index is 0.0281. The normalized spacial score (nSPS) is 43.5. The highest BCUT2D eigenvalue weighted by atomic mass is 16.8. The van der Waals surface area contributed by atoms with E-state index in [2.05, 4.69) is 5.32 Å². The number of ether oxygens (including phenoxy) is 3. The second-order valence-corrected chi connectivity index (χ2v) is 8.90. The summed E-state index contributed by atoms with van der Waals surface area (Å²) in [5.41, 5.74) is -0.167. The lowest BCUT2D eigenvalue weighted by Crippen LogP contribution is -2.66. The van der Waals surface area contributed by atoms with Crippen LogP contribution in [0.25, 0.3) is 0 Å². The van der Waals surface area contributed by atoms with Crippen LogP contribution in [0, 0.1) is 11.8 Å². The second-order valence-electron chi connectivity index (χ2n) is 8.90. The maximum atomic E-state index is 12.7. The number of hydrogen-bond acceptors (Lipinski definition) is 7. The average Bonchev–Trinajstić information content (AvgIpc) is 3.29. The Morgan fingerprint density at radius 2 is 1.90 bits per heavy atom. The van der Waals surface area contributed by atoms with Gasteiger partial charge >= 0.3 is 0 Å². The number of amides is 1. The fourth-order valence-electron chi connectivity index (χ4n) is 4.67. The molecule has 8 nitrogen and oxygen atoms in total. The molecule has 162 valence electrons. The molecule has 0 aliphatic carbocycles. The van der Waals surface area contributed by atoms with Gasteiger partial charge in [0.15, 0.2) is 29.1 Å². The van der Waals surface area contributed by atoms with Gasteiger partial charge in [-0.3, -0.25) is 14.4 Å². The standard InChI is InChI=1S/C22H27NO7/c1-10(6-7-13(24)15-14(25)9-23-20(15)27)8-11(2)17-12(3)18-16(26)19-21(4,30-19)22(5,28-17)29-18/h6-8,11-12,17-19,24H,9H2,1-5H3,(H,23,27)/b7-6+,10-8+,15-13+/t11-,12-,17-,18-,19+,21+,22-/m1/s1. The van der Waals surface area contributed by atoms with Gasteiger partial charge in [-0.15, -0.1) is 0 Å². The van der Waals surface area contributed by atoms with Crippen molar-refractivity contribution in [3.05, 3.63) is 35.1 Å². The third-order valence-corrected chi connectivity index (χ3v) is 6.67. The Balaban J connectivity index is 1.51. The van der Waals surface area contributed by atoms with Crippen LogP contribution in [0.2, 0.25) is 0 Å². The number of aliphatic hydroxyl groups is 1. The predicted molar refractivity (Wildman–Crippen MR) is 105 cm³/mol. The monoisotopic (exact) mass is 417 g/mol. The smallest absolute Gasteiger partial charge is 0.259 e. The quantitative estimate of drug-likeness (QED) is 0.234. The lowest BCUT2D eigenvalue weighted by atomic mass is 9.78. The van der Waals surface area contributed by atoms with E-state index in [4.69, 9.17) is 14.2 Å². The van der Waals surface area contributed by atoms with Gasteiger partial charge in [0, 0.05) is 11.8 Å². The van der Waals surface area contributed by atoms with Gasteiger partial charge in [-0.25, -0.2) is 0 Å². The highest BCUT2D eigenvalue weighted by Crippen LogP contribution is 2.57. The molecule has 4 aliphatic heterocycles. The summed E-state index contributed by atoms with van der Waals surface area (Å²) >= 11 is 0. The molecular weight excluding hydrogens is 390 g/mol.